The van der Waals surface area contributed by atoms with Gasteiger partial charge in [-0.3, -0.25) is 9.80 Å². The lowest BCUT2D eigenvalue weighted by Gasteiger charge is -2.37. The zero-order valence-corrected chi connectivity index (χ0v) is 11.1. The largest absolute Gasteiger partial charge is 0.315 e. The monoisotopic (exact) mass is 251 g/mol. The first-order valence-electron chi connectivity index (χ1n) is 6.60. The zero-order chi connectivity index (χ0) is 11.5. The van der Waals surface area contributed by atoms with Gasteiger partial charge in [-0.15, -0.1) is 0 Å². The molecule has 1 N–H and O–H groups in total. The molecule has 0 aliphatic carbocycles. The number of piperazine rings is 1. The number of hydrogen-bond acceptors (Lipinski definition) is 4. The first kappa shape index (κ1) is 11.7. The lowest BCUT2D eigenvalue weighted by Crippen LogP contribution is -2.50. The number of hydrogen-bond donors (Lipinski definition) is 1. The Kier molecular flexibility index (Phi) is 3.76. The molecule has 3 rings (SSSR count). The maximum atomic E-state index is 3.46. The van der Waals surface area contributed by atoms with Crippen molar-refractivity contribution >= 4 is 11.3 Å². The van der Waals surface area contributed by atoms with E-state index < -0.39 is 0 Å². The van der Waals surface area contributed by atoms with Crippen molar-refractivity contribution in [2.75, 3.05) is 39.3 Å². The molecule has 2 saturated heterocycles. The van der Waals surface area contributed by atoms with Crippen LogP contribution in [0.15, 0.2) is 16.8 Å². The number of thiophene rings is 1. The van der Waals surface area contributed by atoms with Crippen LogP contribution < -0.4 is 5.32 Å². The van der Waals surface area contributed by atoms with Crippen LogP contribution in [0.1, 0.15) is 12.0 Å². The van der Waals surface area contributed by atoms with E-state index in [9.17, 15) is 0 Å². The van der Waals surface area contributed by atoms with Crippen molar-refractivity contribution in [3.05, 3.63) is 22.4 Å². The van der Waals surface area contributed by atoms with E-state index in [2.05, 4.69) is 31.9 Å². The average molecular weight is 251 g/mol. The molecule has 3 heterocycles. The van der Waals surface area contributed by atoms with Crippen molar-refractivity contribution in [1.82, 2.24) is 15.1 Å². The van der Waals surface area contributed by atoms with E-state index in [1.807, 2.05) is 0 Å². The summed E-state index contributed by atoms with van der Waals surface area (Å²) in [6.45, 7) is 8.50. The van der Waals surface area contributed by atoms with Crippen molar-refractivity contribution < 1.29 is 0 Å². The molecule has 0 bridgehead atoms. The third kappa shape index (κ3) is 2.88. The number of rotatable bonds is 3. The van der Waals surface area contributed by atoms with Crippen LogP contribution in [0.4, 0.5) is 0 Å². The van der Waals surface area contributed by atoms with Gasteiger partial charge >= 0.3 is 0 Å². The van der Waals surface area contributed by atoms with Gasteiger partial charge in [-0.2, -0.15) is 11.3 Å². The van der Waals surface area contributed by atoms with Crippen LogP contribution in [-0.4, -0.2) is 55.1 Å². The van der Waals surface area contributed by atoms with Gasteiger partial charge in [-0.05, 0) is 35.4 Å². The molecule has 0 aromatic carbocycles. The summed E-state index contributed by atoms with van der Waals surface area (Å²) in [4.78, 5) is 5.26. The van der Waals surface area contributed by atoms with Crippen LogP contribution >= 0.6 is 11.3 Å². The molecule has 2 fully saturated rings. The van der Waals surface area contributed by atoms with Crippen LogP contribution in [0, 0.1) is 0 Å². The van der Waals surface area contributed by atoms with Crippen molar-refractivity contribution in [2.45, 2.75) is 19.0 Å². The quantitative estimate of drug-likeness (QED) is 0.871. The molecule has 1 aromatic rings. The first-order valence-corrected chi connectivity index (χ1v) is 7.54. The predicted molar refractivity (Wildman–Crippen MR) is 72.4 cm³/mol. The Balaban J connectivity index is 1.47. The van der Waals surface area contributed by atoms with Gasteiger partial charge in [0.15, 0.2) is 0 Å². The van der Waals surface area contributed by atoms with Crippen molar-refractivity contribution in [2.24, 2.45) is 0 Å². The second-order valence-corrected chi connectivity index (χ2v) is 5.87. The molecule has 17 heavy (non-hydrogen) atoms. The van der Waals surface area contributed by atoms with E-state index in [4.69, 9.17) is 0 Å². The van der Waals surface area contributed by atoms with Gasteiger partial charge in [0.25, 0.3) is 0 Å². The van der Waals surface area contributed by atoms with Gasteiger partial charge in [0.1, 0.15) is 0 Å². The zero-order valence-electron chi connectivity index (χ0n) is 10.3. The normalized spacial score (nSPS) is 27.6. The summed E-state index contributed by atoms with van der Waals surface area (Å²) in [6.07, 6.45) is 1.34. The fourth-order valence-electron chi connectivity index (χ4n) is 2.88. The summed E-state index contributed by atoms with van der Waals surface area (Å²) in [5, 5.41) is 7.91. The molecule has 2 aliphatic heterocycles. The molecule has 2 aliphatic rings. The summed E-state index contributed by atoms with van der Waals surface area (Å²) in [7, 11) is 0. The van der Waals surface area contributed by atoms with Crippen LogP contribution in [0.2, 0.25) is 0 Å². The average Bonchev–Trinajstić information content (AvgIpc) is 3.01. The Morgan fingerprint density at radius 3 is 2.82 bits per heavy atom. The Morgan fingerprint density at radius 1 is 1.29 bits per heavy atom. The van der Waals surface area contributed by atoms with Crippen LogP contribution in [0.5, 0.6) is 0 Å². The molecule has 0 radical (unpaired) electrons. The Bertz CT molecular complexity index is 324. The summed E-state index contributed by atoms with van der Waals surface area (Å²) < 4.78 is 0. The third-order valence-corrected chi connectivity index (χ3v) is 4.68. The van der Waals surface area contributed by atoms with E-state index in [-0.39, 0.29) is 0 Å². The van der Waals surface area contributed by atoms with E-state index in [1.54, 1.807) is 11.3 Å². The minimum absolute atomic E-state index is 0.804. The molecular weight excluding hydrogens is 230 g/mol. The standard InChI is InChI=1S/C13H21N3S/c1-3-14-9-13(1)16-6-4-15(5-7-16)10-12-2-8-17-11-12/h2,8,11,13-14H,1,3-7,9-10H2/t13-/m1/s1. The molecule has 1 atom stereocenters. The summed E-state index contributed by atoms with van der Waals surface area (Å²) >= 11 is 1.80. The van der Waals surface area contributed by atoms with Gasteiger partial charge < -0.3 is 5.32 Å². The number of nitrogens with one attached hydrogen (secondary N) is 1. The second kappa shape index (κ2) is 5.48. The molecular formula is C13H21N3S. The lowest BCUT2D eigenvalue weighted by atomic mass is 10.2. The van der Waals surface area contributed by atoms with Gasteiger partial charge in [-0.25, -0.2) is 0 Å². The van der Waals surface area contributed by atoms with Gasteiger partial charge in [0.2, 0.25) is 0 Å². The topological polar surface area (TPSA) is 18.5 Å². The summed E-state index contributed by atoms with van der Waals surface area (Å²) in [5.74, 6) is 0. The highest BCUT2D eigenvalue weighted by Gasteiger charge is 2.25. The molecule has 0 saturated carbocycles. The maximum Gasteiger partial charge on any atom is 0.0243 e. The summed E-state index contributed by atoms with van der Waals surface area (Å²) in [5.41, 5.74) is 1.48. The fourth-order valence-corrected chi connectivity index (χ4v) is 3.54. The van der Waals surface area contributed by atoms with Crippen molar-refractivity contribution in [3.63, 3.8) is 0 Å². The molecule has 3 nitrogen and oxygen atoms in total. The Morgan fingerprint density at radius 2 is 2.18 bits per heavy atom. The van der Waals surface area contributed by atoms with E-state index in [1.165, 1.54) is 51.3 Å². The molecule has 0 unspecified atom stereocenters. The predicted octanol–water partition coefficient (Wildman–Crippen LogP) is 1.23. The van der Waals surface area contributed by atoms with E-state index >= 15 is 0 Å². The summed E-state index contributed by atoms with van der Waals surface area (Å²) in [6, 6.07) is 3.05. The van der Waals surface area contributed by atoms with Gasteiger partial charge in [-0.1, -0.05) is 0 Å². The smallest absolute Gasteiger partial charge is 0.0243 e. The Hall–Kier alpha value is -0.420. The minimum Gasteiger partial charge on any atom is -0.315 e. The molecule has 94 valence electrons. The number of nitrogens with zero attached hydrogens (tertiary/aromatic N) is 2. The van der Waals surface area contributed by atoms with Crippen LogP contribution in [0.3, 0.4) is 0 Å². The first-order chi connectivity index (χ1) is 8.42. The molecule has 0 amide bonds. The molecule has 1 aromatic heterocycles. The Labute approximate surface area is 107 Å². The van der Waals surface area contributed by atoms with Crippen molar-refractivity contribution in [1.29, 1.82) is 0 Å². The van der Waals surface area contributed by atoms with Gasteiger partial charge in [0.05, 0.1) is 0 Å². The molecule has 4 heteroatoms. The lowest BCUT2D eigenvalue weighted by molar-refractivity contribution is 0.0982. The fraction of sp³-hybridized carbons (Fsp3) is 0.692. The highest BCUT2D eigenvalue weighted by molar-refractivity contribution is 7.07. The van der Waals surface area contributed by atoms with Crippen LogP contribution in [-0.2, 0) is 6.54 Å². The second-order valence-electron chi connectivity index (χ2n) is 5.09. The third-order valence-electron chi connectivity index (χ3n) is 3.94. The minimum atomic E-state index is 0.804. The highest BCUT2D eigenvalue weighted by atomic mass is 32.1. The van der Waals surface area contributed by atoms with Crippen molar-refractivity contribution in [3.8, 4) is 0 Å². The SMILES string of the molecule is c1cc(CN2CCN([C@@H]3CCNC3)CC2)cs1. The maximum absolute atomic E-state index is 3.46. The van der Waals surface area contributed by atoms with E-state index in [0.717, 1.165) is 12.6 Å². The highest BCUT2D eigenvalue weighted by Crippen LogP contribution is 2.15. The molecule has 0 spiro atoms. The van der Waals surface area contributed by atoms with E-state index in [0.29, 0.717) is 0 Å². The van der Waals surface area contributed by atoms with Crippen LogP contribution in [0.25, 0.3) is 0 Å². The van der Waals surface area contributed by atoms with Gasteiger partial charge in [0, 0.05) is 45.3 Å².